The molecule has 1 fully saturated rings. The smallest absolute Gasteiger partial charge is 0.227 e. The third-order valence-electron chi connectivity index (χ3n) is 4.88. The summed E-state index contributed by atoms with van der Waals surface area (Å²) in [5.74, 6) is 1.43. The molecule has 0 saturated carbocycles. The average Bonchev–Trinajstić information content (AvgIpc) is 3.17. The molecule has 0 atom stereocenters. The zero-order chi connectivity index (χ0) is 18.8. The molecule has 140 valence electrons. The molecule has 1 aliphatic heterocycles. The monoisotopic (exact) mass is 385 g/mol. The minimum atomic E-state index is -0.0402. The molecule has 1 aromatic carbocycles. The van der Waals surface area contributed by atoms with Gasteiger partial charge in [0.05, 0.1) is 12.1 Å². The van der Waals surface area contributed by atoms with Gasteiger partial charge in [0.1, 0.15) is 5.75 Å². The SMILES string of the molecule is COc1ccc(NC(=O)C2CCN(c3nccn4ccnc34)CC2)cc1Cl. The van der Waals surface area contributed by atoms with Crippen LogP contribution >= 0.6 is 11.6 Å². The molecule has 2 aromatic heterocycles. The fourth-order valence-electron chi connectivity index (χ4n) is 3.41. The summed E-state index contributed by atoms with van der Waals surface area (Å²) >= 11 is 6.13. The highest BCUT2D eigenvalue weighted by molar-refractivity contribution is 6.32. The number of methoxy groups -OCH3 is 1. The molecule has 4 rings (SSSR count). The number of carbonyl (C=O) groups is 1. The summed E-state index contributed by atoms with van der Waals surface area (Å²) in [6, 6.07) is 5.24. The first-order valence-electron chi connectivity index (χ1n) is 8.83. The van der Waals surface area contributed by atoms with E-state index in [-0.39, 0.29) is 11.8 Å². The highest BCUT2D eigenvalue weighted by atomic mass is 35.5. The second-order valence-electron chi connectivity index (χ2n) is 6.51. The lowest BCUT2D eigenvalue weighted by molar-refractivity contribution is -0.120. The van der Waals surface area contributed by atoms with Crippen molar-refractivity contribution in [2.75, 3.05) is 30.4 Å². The third-order valence-corrected chi connectivity index (χ3v) is 5.17. The molecule has 8 heteroatoms. The van der Waals surface area contributed by atoms with Gasteiger partial charge in [0, 0.05) is 49.5 Å². The van der Waals surface area contributed by atoms with E-state index in [4.69, 9.17) is 16.3 Å². The average molecular weight is 386 g/mol. The van der Waals surface area contributed by atoms with E-state index in [1.54, 1.807) is 37.7 Å². The topological polar surface area (TPSA) is 71.8 Å². The summed E-state index contributed by atoms with van der Waals surface area (Å²) in [4.78, 5) is 23.7. The number of nitrogens with one attached hydrogen (secondary N) is 1. The van der Waals surface area contributed by atoms with Crippen molar-refractivity contribution in [2.24, 2.45) is 5.92 Å². The second kappa shape index (κ2) is 7.44. The molecule has 3 aromatic rings. The molecule has 0 aliphatic carbocycles. The normalized spacial score (nSPS) is 15.1. The molecule has 0 radical (unpaired) electrons. The van der Waals surface area contributed by atoms with Gasteiger partial charge in [-0.2, -0.15) is 0 Å². The van der Waals surface area contributed by atoms with Crippen LogP contribution in [0.5, 0.6) is 5.75 Å². The number of nitrogens with zero attached hydrogens (tertiary/aromatic N) is 4. The number of halogens is 1. The lowest BCUT2D eigenvalue weighted by Gasteiger charge is -2.32. The third kappa shape index (κ3) is 3.55. The maximum absolute atomic E-state index is 12.6. The standard InChI is InChI=1S/C19H20ClN5O2/c1-27-16-3-2-14(12-15(16)20)23-19(26)13-4-8-24(9-5-13)17-18-22-7-11-25(18)10-6-21-17/h2-3,6-7,10-13H,4-5,8-9H2,1H3,(H,23,26). The largest absolute Gasteiger partial charge is 0.495 e. The Morgan fingerprint density at radius 3 is 2.67 bits per heavy atom. The summed E-state index contributed by atoms with van der Waals surface area (Å²) in [5, 5.41) is 3.43. The van der Waals surface area contributed by atoms with Gasteiger partial charge in [-0.25, -0.2) is 9.97 Å². The molecule has 1 saturated heterocycles. The summed E-state index contributed by atoms with van der Waals surface area (Å²) < 4.78 is 7.09. The molecule has 1 N–H and O–H groups in total. The van der Waals surface area contributed by atoms with Gasteiger partial charge in [-0.3, -0.25) is 4.79 Å². The Bertz CT molecular complexity index is 966. The van der Waals surface area contributed by atoms with E-state index in [0.29, 0.717) is 16.5 Å². The Hall–Kier alpha value is -2.80. The van der Waals surface area contributed by atoms with Gasteiger partial charge in [0.2, 0.25) is 5.91 Å². The van der Waals surface area contributed by atoms with Gasteiger partial charge >= 0.3 is 0 Å². The predicted octanol–water partition coefficient (Wildman–Crippen LogP) is 3.25. The highest BCUT2D eigenvalue weighted by Crippen LogP contribution is 2.29. The van der Waals surface area contributed by atoms with Crippen molar-refractivity contribution >= 4 is 34.7 Å². The van der Waals surface area contributed by atoms with E-state index in [1.165, 1.54) is 0 Å². The summed E-state index contributed by atoms with van der Waals surface area (Å²) in [5.41, 5.74) is 1.52. The van der Waals surface area contributed by atoms with E-state index in [1.807, 2.05) is 16.8 Å². The van der Waals surface area contributed by atoms with Crippen molar-refractivity contribution in [1.82, 2.24) is 14.4 Å². The van der Waals surface area contributed by atoms with Crippen molar-refractivity contribution in [3.63, 3.8) is 0 Å². The Kier molecular flexibility index (Phi) is 4.85. The molecular formula is C19H20ClN5O2. The minimum Gasteiger partial charge on any atom is -0.495 e. The number of ether oxygens (including phenoxy) is 1. The lowest BCUT2D eigenvalue weighted by atomic mass is 9.96. The number of benzene rings is 1. The first-order chi connectivity index (χ1) is 13.2. The first kappa shape index (κ1) is 17.6. The quantitative estimate of drug-likeness (QED) is 0.746. The first-order valence-corrected chi connectivity index (χ1v) is 9.20. The lowest BCUT2D eigenvalue weighted by Crippen LogP contribution is -2.38. The van der Waals surface area contributed by atoms with E-state index in [9.17, 15) is 4.79 Å². The van der Waals surface area contributed by atoms with Crippen LogP contribution in [0.25, 0.3) is 5.65 Å². The summed E-state index contributed by atoms with van der Waals surface area (Å²) in [6.07, 6.45) is 8.85. The van der Waals surface area contributed by atoms with Crippen molar-refractivity contribution in [1.29, 1.82) is 0 Å². The Labute approximate surface area is 161 Å². The van der Waals surface area contributed by atoms with Crippen LogP contribution in [0, 0.1) is 5.92 Å². The maximum Gasteiger partial charge on any atom is 0.227 e. The molecule has 1 aliphatic rings. The van der Waals surface area contributed by atoms with Gasteiger partial charge < -0.3 is 19.4 Å². The van der Waals surface area contributed by atoms with Crippen LogP contribution in [0.3, 0.4) is 0 Å². The number of anilines is 2. The summed E-state index contributed by atoms with van der Waals surface area (Å²) in [6.45, 7) is 1.53. The predicted molar refractivity (Wildman–Crippen MR) is 105 cm³/mol. The van der Waals surface area contributed by atoms with Gasteiger partial charge in [-0.15, -0.1) is 0 Å². The van der Waals surface area contributed by atoms with E-state index < -0.39 is 0 Å². The number of rotatable bonds is 4. The van der Waals surface area contributed by atoms with Crippen molar-refractivity contribution < 1.29 is 9.53 Å². The van der Waals surface area contributed by atoms with Crippen LogP contribution in [0.4, 0.5) is 11.5 Å². The molecule has 1 amide bonds. The number of hydrogen-bond donors (Lipinski definition) is 1. The molecule has 27 heavy (non-hydrogen) atoms. The van der Waals surface area contributed by atoms with Crippen molar-refractivity contribution in [3.05, 3.63) is 48.0 Å². The molecule has 0 unspecified atom stereocenters. The summed E-state index contributed by atoms with van der Waals surface area (Å²) in [7, 11) is 1.56. The number of piperidine rings is 1. The van der Waals surface area contributed by atoms with Crippen molar-refractivity contribution in [3.8, 4) is 5.75 Å². The van der Waals surface area contributed by atoms with Gasteiger partial charge in [0.25, 0.3) is 0 Å². The highest BCUT2D eigenvalue weighted by Gasteiger charge is 2.27. The van der Waals surface area contributed by atoms with E-state index in [2.05, 4.69) is 20.2 Å². The van der Waals surface area contributed by atoms with Crippen LogP contribution < -0.4 is 15.0 Å². The van der Waals surface area contributed by atoms with Crippen LogP contribution in [0.2, 0.25) is 5.02 Å². The fourth-order valence-corrected chi connectivity index (χ4v) is 3.66. The Morgan fingerprint density at radius 2 is 1.96 bits per heavy atom. The van der Waals surface area contributed by atoms with Gasteiger partial charge in [0.15, 0.2) is 11.5 Å². The van der Waals surface area contributed by atoms with Crippen LogP contribution in [0.15, 0.2) is 43.0 Å². The number of carbonyl (C=O) groups excluding carboxylic acids is 1. The van der Waals surface area contributed by atoms with Gasteiger partial charge in [-0.1, -0.05) is 11.6 Å². The fraction of sp³-hybridized carbons (Fsp3) is 0.316. The Balaban J connectivity index is 1.39. The number of fused-ring (bicyclic) bond motifs is 1. The van der Waals surface area contributed by atoms with Crippen LogP contribution in [-0.2, 0) is 4.79 Å². The number of hydrogen-bond acceptors (Lipinski definition) is 5. The second-order valence-corrected chi connectivity index (χ2v) is 6.92. The zero-order valence-corrected chi connectivity index (χ0v) is 15.7. The van der Waals surface area contributed by atoms with Gasteiger partial charge in [-0.05, 0) is 31.0 Å². The van der Waals surface area contributed by atoms with Crippen LogP contribution in [0.1, 0.15) is 12.8 Å². The number of amides is 1. The Morgan fingerprint density at radius 1 is 1.22 bits per heavy atom. The van der Waals surface area contributed by atoms with Crippen LogP contribution in [-0.4, -0.2) is 40.5 Å². The number of aromatic nitrogens is 3. The molecule has 3 heterocycles. The van der Waals surface area contributed by atoms with Crippen molar-refractivity contribution in [2.45, 2.75) is 12.8 Å². The van der Waals surface area contributed by atoms with E-state index in [0.717, 1.165) is 37.4 Å². The van der Waals surface area contributed by atoms with E-state index >= 15 is 0 Å². The maximum atomic E-state index is 12.6. The molecule has 0 spiro atoms. The minimum absolute atomic E-state index is 0.0165. The molecular weight excluding hydrogens is 366 g/mol. The number of imidazole rings is 1. The zero-order valence-electron chi connectivity index (χ0n) is 14.9. The molecule has 7 nitrogen and oxygen atoms in total. The molecule has 0 bridgehead atoms.